The number of nitrogens with one attached hydrogen (secondary N) is 1. The van der Waals surface area contributed by atoms with E-state index in [0.29, 0.717) is 11.7 Å². The molecule has 0 saturated heterocycles. The van der Waals surface area contributed by atoms with E-state index in [4.69, 9.17) is 0 Å². The van der Waals surface area contributed by atoms with Gasteiger partial charge < -0.3 is 0 Å². The molecular formula is C21H21N3O2S. The van der Waals surface area contributed by atoms with Crippen molar-refractivity contribution in [3.05, 3.63) is 81.8 Å². The number of Topliss-reactive ketones (excluding diaryl/α,β-unsaturated/α-hetero) is 1. The molecule has 1 aliphatic carbocycles. The van der Waals surface area contributed by atoms with Crippen LogP contribution >= 0.6 is 11.8 Å². The zero-order valence-electron chi connectivity index (χ0n) is 14.9. The van der Waals surface area contributed by atoms with Crippen LogP contribution in [0.3, 0.4) is 0 Å². The molecule has 2 aromatic carbocycles. The van der Waals surface area contributed by atoms with Gasteiger partial charge in [0.05, 0.1) is 5.25 Å². The highest BCUT2D eigenvalue weighted by Gasteiger charge is 2.28. The fourth-order valence-corrected chi connectivity index (χ4v) is 4.65. The van der Waals surface area contributed by atoms with Gasteiger partial charge in [0, 0.05) is 12.1 Å². The van der Waals surface area contributed by atoms with Gasteiger partial charge in [0.2, 0.25) is 0 Å². The Morgan fingerprint density at radius 1 is 1.07 bits per heavy atom. The van der Waals surface area contributed by atoms with Crippen LogP contribution in [0.4, 0.5) is 0 Å². The Bertz CT molecular complexity index is 994. The molecule has 5 nitrogen and oxygen atoms in total. The minimum atomic E-state index is -0.227. The topological polar surface area (TPSA) is 67.8 Å². The molecule has 0 aliphatic heterocycles. The predicted octanol–water partition coefficient (Wildman–Crippen LogP) is 3.49. The molecule has 0 radical (unpaired) electrons. The minimum absolute atomic E-state index is 0.137. The molecule has 0 saturated carbocycles. The molecule has 0 fully saturated rings. The summed E-state index contributed by atoms with van der Waals surface area (Å²) in [4.78, 5) is 25.2. The second-order valence-corrected chi connectivity index (χ2v) is 7.89. The molecule has 1 N–H and O–H groups in total. The molecule has 4 rings (SSSR count). The molecule has 6 heteroatoms. The van der Waals surface area contributed by atoms with Crippen LogP contribution in [0.15, 0.2) is 64.5 Å². The Kier molecular flexibility index (Phi) is 5.25. The van der Waals surface area contributed by atoms with E-state index >= 15 is 0 Å². The summed E-state index contributed by atoms with van der Waals surface area (Å²) >= 11 is 1.40. The number of carbonyl (C=O) groups is 1. The number of aryl methyl sites for hydroxylation is 2. The number of hydrogen-bond donors (Lipinski definition) is 1. The lowest BCUT2D eigenvalue weighted by Crippen LogP contribution is -2.21. The Morgan fingerprint density at radius 2 is 1.85 bits per heavy atom. The van der Waals surface area contributed by atoms with E-state index in [9.17, 15) is 9.59 Å². The van der Waals surface area contributed by atoms with Crippen LogP contribution in [0.5, 0.6) is 0 Å². The Labute approximate surface area is 161 Å². The molecule has 1 heterocycles. The molecule has 1 unspecified atom stereocenters. The number of rotatable bonds is 5. The van der Waals surface area contributed by atoms with Crippen LogP contribution < -0.4 is 5.69 Å². The van der Waals surface area contributed by atoms with E-state index < -0.39 is 0 Å². The van der Waals surface area contributed by atoms with Crippen LogP contribution in [-0.4, -0.2) is 25.8 Å². The first kappa shape index (κ1) is 17.8. The lowest BCUT2D eigenvalue weighted by atomic mass is 10.0. The zero-order chi connectivity index (χ0) is 18.6. The predicted molar refractivity (Wildman–Crippen MR) is 106 cm³/mol. The van der Waals surface area contributed by atoms with Gasteiger partial charge in [-0.05, 0) is 36.8 Å². The van der Waals surface area contributed by atoms with Gasteiger partial charge >= 0.3 is 5.69 Å². The van der Waals surface area contributed by atoms with Crippen LogP contribution in [0, 0.1) is 0 Å². The third kappa shape index (κ3) is 3.90. The summed E-state index contributed by atoms with van der Waals surface area (Å²) in [6.07, 6.45) is 3.41. The summed E-state index contributed by atoms with van der Waals surface area (Å²) in [6.45, 7) is 0.541. The van der Waals surface area contributed by atoms with E-state index in [1.165, 1.54) is 17.3 Å². The van der Waals surface area contributed by atoms with E-state index in [1.54, 1.807) is 4.57 Å². The van der Waals surface area contributed by atoms with E-state index in [-0.39, 0.29) is 16.7 Å². The fourth-order valence-electron chi connectivity index (χ4n) is 3.48. The monoisotopic (exact) mass is 379 g/mol. The molecule has 0 amide bonds. The first-order valence-corrected chi connectivity index (χ1v) is 10.1. The number of fused-ring (bicyclic) bond motifs is 1. The Hall–Kier alpha value is -2.60. The summed E-state index contributed by atoms with van der Waals surface area (Å²) in [5, 5.41) is 7.10. The third-order valence-corrected chi connectivity index (χ3v) is 6.18. The van der Waals surface area contributed by atoms with Crippen molar-refractivity contribution in [2.75, 3.05) is 0 Å². The summed E-state index contributed by atoms with van der Waals surface area (Å²) in [5.41, 5.74) is 2.87. The van der Waals surface area contributed by atoms with Crippen molar-refractivity contribution in [1.82, 2.24) is 14.8 Å². The van der Waals surface area contributed by atoms with Gasteiger partial charge in [-0.2, -0.15) is 0 Å². The lowest BCUT2D eigenvalue weighted by molar-refractivity contribution is 0.0988. The second-order valence-electron chi connectivity index (χ2n) is 6.72. The number of nitrogens with zero attached hydrogens (tertiary/aromatic N) is 2. The van der Waals surface area contributed by atoms with Crippen LogP contribution in [-0.2, 0) is 19.4 Å². The van der Waals surface area contributed by atoms with Crippen molar-refractivity contribution < 1.29 is 4.79 Å². The SMILES string of the molecule is O=C1c2ccccc2CCCC1Sc1n[nH]c(=O)n1CCc1ccccc1. The molecule has 1 atom stereocenters. The van der Waals surface area contributed by atoms with Crippen molar-refractivity contribution in [1.29, 1.82) is 0 Å². The minimum Gasteiger partial charge on any atom is -0.293 e. The average Bonchev–Trinajstić information content (AvgIpc) is 2.96. The Balaban J connectivity index is 1.53. The molecule has 1 aliphatic rings. The molecule has 0 bridgehead atoms. The van der Waals surface area contributed by atoms with Crippen molar-refractivity contribution in [2.45, 2.75) is 42.6 Å². The number of carbonyl (C=O) groups excluding carboxylic acids is 1. The lowest BCUT2D eigenvalue weighted by Gasteiger charge is -2.13. The molecule has 0 spiro atoms. The normalized spacial score (nSPS) is 16.7. The van der Waals surface area contributed by atoms with Crippen LogP contribution in [0.2, 0.25) is 0 Å². The molecule has 1 aromatic heterocycles. The highest BCUT2D eigenvalue weighted by Crippen LogP contribution is 2.31. The molecule has 27 heavy (non-hydrogen) atoms. The van der Waals surface area contributed by atoms with Gasteiger partial charge in [-0.1, -0.05) is 66.4 Å². The number of H-pyrrole nitrogens is 1. The van der Waals surface area contributed by atoms with Crippen LogP contribution in [0.25, 0.3) is 0 Å². The number of aromatic amines is 1. The second kappa shape index (κ2) is 7.96. The van der Waals surface area contributed by atoms with Gasteiger partial charge in [-0.15, -0.1) is 5.10 Å². The molecule has 138 valence electrons. The van der Waals surface area contributed by atoms with Gasteiger partial charge in [-0.3, -0.25) is 9.36 Å². The number of aromatic nitrogens is 3. The zero-order valence-corrected chi connectivity index (χ0v) is 15.7. The highest BCUT2D eigenvalue weighted by atomic mass is 32.2. The van der Waals surface area contributed by atoms with Crippen molar-refractivity contribution in [3.63, 3.8) is 0 Å². The number of hydrogen-bond acceptors (Lipinski definition) is 4. The maximum atomic E-state index is 13.0. The largest absolute Gasteiger partial charge is 0.343 e. The maximum absolute atomic E-state index is 13.0. The quantitative estimate of drug-likeness (QED) is 0.689. The highest BCUT2D eigenvalue weighted by molar-refractivity contribution is 8.00. The smallest absolute Gasteiger partial charge is 0.293 e. The molecule has 3 aromatic rings. The van der Waals surface area contributed by atoms with Crippen molar-refractivity contribution >= 4 is 17.5 Å². The van der Waals surface area contributed by atoms with Gasteiger partial charge in [-0.25, -0.2) is 9.89 Å². The van der Waals surface area contributed by atoms with E-state index in [1.807, 2.05) is 54.6 Å². The summed E-state index contributed by atoms with van der Waals surface area (Å²) in [7, 11) is 0. The molecular weight excluding hydrogens is 358 g/mol. The maximum Gasteiger partial charge on any atom is 0.343 e. The average molecular weight is 379 g/mol. The van der Waals surface area contributed by atoms with Gasteiger partial charge in [0.25, 0.3) is 0 Å². The summed E-state index contributed by atoms with van der Waals surface area (Å²) < 4.78 is 1.64. The standard InChI is InChI=1S/C21H21N3O2S/c25-19-17-11-5-4-9-16(17)10-6-12-18(19)27-21-23-22-20(26)24(21)14-13-15-7-2-1-3-8-15/h1-5,7-9,11,18H,6,10,12-14H2,(H,22,26). The van der Waals surface area contributed by atoms with E-state index in [2.05, 4.69) is 10.2 Å². The summed E-state index contributed by atoms with van der Waals surface area (Å²) in [6, 6.07) is 17.9. The number of benzene rings is 2. The number of ketones is 1. The van der Waals surface area contributed by atoms with Gasteiger partial charge in [0.1, 0.15) is 0 Å². The Morgan fingerprint density at radius 3 is 2.70 bits per heavy atom. The van der Waals surface area contributed by atoms with Crippen LogP contribution in [0.1, 0.15) is 34.3 Å². The summed E-state index contributed by atoms with van der Waals surface area (Å²) in [5.74, 6) is 0.137. The number of thioether (sulfide) groups is 1. The van der Waals surface area contributed by atoms with Gasteiger partial charge in [0.15, 0.2) is 10.9 Å². The van der Waals surface area contributed by atoms with Crippen molar-refractivity contribution in [3.8, 4) is 0 Å². The first-order valence-electron chi connectivity index (χ1n) is 9.20. The first-order chi connectivity index (χ1) is 13.2. The van der Waals surface area contributed by atoms with Crippen molar-refractivity contribution in [2.24, 2.45) is 0 Å². The third-order valence-electron chi connectivity index (χ3n) is 4.93. The van der Waals surface area contributed by atoms with E-state index in [0.717, 1.165) is 36.8 Å². The fraction of sp³-hybridized carbons (Fsp3) is 0.286.